The molecule has 2 fully saturated rings. The Morgan fingerprint density at radius 1 is 1.15 bits per heavy atom. The highest BCUT2D eigenvalue weighted by Crippen LogP contribution is 2.29. The smallest absolute Gasteiger partial charge is 0.253 e. The number of nitrogens with one attached hydrogen (secondary N) is 1. The van der Waals surface area contributed by atoms with E-state index < -0.39 is 0 Å². The van der Waals surface area contributed by atoms with Crippen LogP contribution < -0.4 is 10.2 Å². The summed E-state index contributed by atoms with van der Waals surface area (Å²) in [6.07, 6.45) is 4.01. The summed E-state index contributed by atoms with van der Waals surface area (Å²) in [5, 5.41) is 4.21. The number of carbonyl (C=O) groups excluding carboxylic acids is 1. The van der Waals surface area contributed by atoms with Gasteiger partial charge in [0.25, 0.3) is 5.91 Å². The molecule has 0 bridgehead atoms. The third kappa shape index (κ3) is 6.22. The zero-order chi connectivity index (χ0) is 24.2. The van der Waals surface area contributed by atoms with Crippen molar-refractivity contribution in [3.8, 4) is 0 Å². The van der Waals surface area contributed by atoms with Crippen LogP contribution in [0.1, 0.15) is 51.0 Å². The van der Waals surface area contributed by atoms with Crippen LogP contribution in [0.2, 0.25) is 10.0 Å². The van der Waals surface area contributed by atoms with Crippen molar-refractivity contribution in [2.45, 2.75) is 58.3 Å². The number of piperazine rings is 1. The van der Waals surface area contributed by atoms with Gasteiger partial charge in [0.1, 0.15) is 5.82 Å². The summed E-state index contributed by atoms with van der Waals surface area (Å²) in [6.45, 7) is 12.2. The minimum absolute atomic E-state index is 0. The number of carbonyl (C=O) groups is 1. The minimum atomic E-state index is -0.142. The maximum Gasteiger partial charge on any atom is 0.253 e. The molecule has 186 valence electrons. The Kier molecular flexibility index (Phi) is 8.35. The maximum atomic E-state index is 12.3. The predicted molar refractivity (Wildman–Crippen MR) is 142 cm³/mol. The first-order valence-electron chi connectivity index (χ1n) is 12.2. The van der Waals surface area contributed by atoms with Gasteiger partial charge in [0.2, 0.25) is 0 Å². The average molecular weight is 507 g/mol. The van der Waals surface area contributed by atoms with Gasteiger partial charge >= 0.3 is 0 Å². The second-order valence-corrected chi connectivity index (χ2v) is 10.7. The minimum Gasteiger partial charge on any atom is -0.353 e. The molecule has 2 aliphatic rings. The molecule has 6 nitrogen and oxygen atoms in total. The molecule has 1 aromatic carbocycles. The summed E-state index contributed by atoms with van der Waals surface area (Å²) in [7, 11) is 0. The third-order valence-electron chi connectivity index (χ3n) is 6.83. The van der Waals surface area contributed by atoms with E-state index >= 15 is 0 Å². The van der Waals surface area contributed by atoms with Gasteiger partial charge in [0.15, 0.2) is 0 Å². The van der Waals surface area contributed by atoms with Crippen molar-refractivity contribution in [2.24, 2.45) is 0 Å². The van der Waals surface area contributed by atoms with E-state index in [4.69, 9.17) is 23.2 Å². The molecule has 2 aromatic rings. The zero-order valence-electron chi connectivity index (χ0n) is 20.3. The standard InChI is InChI=1S/C26H35Cl2N5O.H2/c1-18(2)30-26(34)21-14-24(28)25(29-15-21)32-12-13-33(19(3)16-32)23-8-10-31(11-9-23)17-20-4-6-22(27)7-5-20;/h4-7,14-15,18-19,23H,8-13,16-17H2,1-3H3,(H,30,34);1H/t19-;/m0./s1. The lowest BCUT2D eigenvalue weighted by atomic mass is 9.99. The number of likely N-dealkylation sites (tertiary alicyclic amines) is 1. The van der Waals surface area contributed by atoms with Gasteiger partial charge in [0.05, 0.1) is 10.6 Å². The number of aromatic nitrogens is 1. The molecule has 0 saturated carbocycles. The van der Waals surface area contributed by atoms with Gasteiger partial charge < -0.3 is 10.2 Å². The van der Waals surface area contributed by atoms with Gasteiger partial charge in [-0.25, -0.2) is 4.98 Å². The Balaban J connectivity index is 0.00000342. The Hall–Kier alpha value is -1.86. The van der Waals surface area contributed by atoms with Gasteiger partial charge in [-0.15, -0.1) is 0 Å². The van der Waals surface area contributed by atoms with Crippen LogP contribution in [0.5, 0.6) is 0 Å². The second kappa shape index (κ2) is 11.3. The van der Waals surface area contributed by atoms with Crippen molar-refractivity contribution in [1.82, 2.24) is 20.1 Å². The first-order chi connectivity index (χ1) is 16.3. The molecule has 34 heavy (non-hydrogen) atoms. The lowest BCUT2D eigenvalue weighted by Gasteiger charge is -2.47. The molecule has 0 radical (unpaired) electrons. The van der Waals surface area contributed by atoms with E-state index in [1.807, 2.05) is 26.0 Å². The van der Waals surface area contributed by atoms with Crippen LogP contribution in [-0.4, -0.2) is 71.5 Å². The summed E-state index contributed by atoms with van der Waals surface area (Å²) >= 11 is 12.6. The fraction of sp³-hybridized carbons (Fsp3) is 0.538. The highest BCUT2D eigenvalue weighted by atomic mass is 35.5. The highest BCUT2D eigenvalue weighted by molar-refractivity contribution is 6.33. The van der Waals surface area contributed by atoms with E-state index in [0.29, 0.717) is 22.7 Å². The summed E-state index contributed by atoms with van der Waals surface area (Å²) in [5.41, 5.74) is 1.82. The van der Waals surface area contributed by atoms with E-state index in [-0.39, 0.29) is 13.4 Å². The third-order valence-corrected chi connectivity index (χ3v) is 7.36. The normalized spacial score (nSPS) is 20.6. The summed E-state index contributed by atoms with van der Waals surface area (Å²) in [6, 6.07) is 11.0. The van der Waals surface area contributed by atoms with E-state index in [2.05, 4.69) is 44.1 Å². The van der Waals surface area contributed by atoms with Crippen LogP contribution in [0.15, 0.2) is 36.5 Å². The van der Waals surface area contributed by atoms with Crippen molar-refractivity contribution >= 4 is 34.9 Å². The molecule has 4 rings (SSSR count). The van der Waals surface area contributed by atoms with Gasteiger partial charge in [-0.1, -0.05) is 35.3 Å². The topological polar surface area (TPSA) is 51.7 Å². The number of rotatable bonds is 6. The maximum absolute atomic E-state index is 12.3. The molecule has 0 aliphatic carbocycles. The Labute approximate surface area is 214 Å². The quantitative estimate of drug-likeness (QED) is 0.601. The van der Waals surface area contributed by atoms with Gasteiger partial charge in [-0.05, 0) is 70.5 Å². The fourth-order valence-corrected chi connectivity index (χ4v) is 5.51. The number of anilines is 1. The van der Waals surface area contributed by atoms with Crippen molar-refractivity contribution in [3.05, 3.63) is 57.7 Å². The molecule has 8 heteroatoms. The Bertz CT molecular complexity index is 982. The molecule has 0 spiro atoms. The number of amides is 1. The average Bonchev–Trinajstić information content (AvgIpc) is 2.81. The van der Waals surface area contributed by atoms with E-state index in [1.165, 1.54) is 18.4 Å². The lowest BCUT2D eigenvalue weighted by Crippen LogP contribution is -2.57. The molecular weight excluding hydrogens is 469 g/mol. The molecule has 2 aliphatic heterocycles. The predicted octanol–water partition coefficient (Wildman–Crippen LogP) is 4.95. The molecule has 1 amide bonds. The SMILES string of the molecule is CC(C)NC(=O)c1cnc(N2CCN(C3CCN(Cc4ccc(Cl)cc4)CC3)[C@@H](C)C2)c(Cl)c1.[HH]. The summed E-state index contributed by atoms with van der Waals surface area (Å²) in [4.78, 5) is 24.3. The summed E-state index contributed by atoms with van der Waals surface area (Å²) in [5.74, 6) is 0.628. The Morgan fingerprint density at radius 3 is 2.47 bits per heavy atom. The number of halogens is 2. The number of hydrogen-bond donors (Lipinski definition) is 1. The molecule has 1 atom stereocenters. The number of nitrogens with zero attached hydrogens (tertiary/aromatic N) is 4. The number of benzene rings is 1. The fourth-order valence-electron chi connectivity index (χ4n) is 5.10. The van der Waals surface area contributed by atoms with Crippen molar-refractivity contribution in [3.63, 3.8) is 0 Å². The van der Waals surface area contributed by atoms with Gasteiger partial charge in [-0.3, -0.25) is 14.6 Å². The van der Waals surface area contributed by atoms with Crippen molar-refractivity contribution in [2.75, 3.05) is 37.6 Å². The van der Waals surface area contributed by atoms with Crippen LogP contribution in [-0.2, 0) is 6.54 Å². The molecule has 3 heterocycles. The molecular formula is C26H37Cl2N5O. The van der Waals surface area contributed by atoms with E-state index in [1.54, 1.807) is 12.3 Å². The second-order valence-electron chi connectivity index (χ2n) is 9.82. The van der Waals surface area contributed by atoms with E-state index in [0.717, 1.165) is 50.1 Å². The van der Waals surface area contributed by atoms with Crippen LogP contribution in [0, 0.1) is 0 Å². The number of hydrogen-bond acceptors (Lipinski definition) is 5. The Morgan fingerprint density at radius 2 is 1.85 bits per heavy atom. The highest BCUT2D eigenvalue weighted by Gasteiger charge is 2.32. The van der Waals surface area contributed by atoms with Crippen LogP contribution in [0.3, 0.4) is 0 Å². The molecule has 1 aromatic heterocycles. The van der Waals surface area contributed by atoms with Crippen molar-refractivity contribution < 1.29 is 6.22 Å². The van der Waals surface area contributed by atoms with Gasteiger partial charge in [-0.2, -0.15) is 0 Å². The van der Waals surface area contributed by atoms with Crippen LogP contribution in [0.4, 0.5) is 5.82 Å². The van der Waals surface area contributed by atoms with Crippen LogP contribution >= 0.6 is 23.2 Å². The largest absolute Gasteiger partial charge is 0.353 e. The molecule has 1 N–H and O–H groups in total. The monoisotopic (exact) mass is 505 g/mol. The number of pyridine rings is 1. The number of piperidine rings is 1. The van der Waals surface area contributed by atoms with E-state index in [9.17, 15) is 4.79 Å². The lowest BCUT2D eigenvalue weighted by molar-refractivity contribution is 0.0690. The zero-order valence-corrected chi connectivity index (χ0v) is 21.8. The molecule has 2 saturated heterocycles. The van der Waals surface area contributed by atoms with Gasteiger partial charge in [0, 0.05) is 57.0 Å². The first kappa shape index (κ1) is 25.2. The summed E-state index contributed by atoms with van der Waals surface area (Å²) < 4.78 is 0. The first-order valence-corrected chi connectivity index (χ1v) is 13.0. The van der Waals surface area contributed by atoms with Crippen LogP contribution in [0.25, 0.3) is 0 Å². The molecule has 0 unspecified atom stereocenters. The van der Waals surface area contributed by atoms with Crippen molar-refractivity contribution in [1.29, 1.82) is 0 Å².